The first-order valence-corrected chi connectivity index (χ1v) is 11.8. The van der Waals surface area contributed by atoms with Gasteiger partial charge in [-0.15, -0.1) is 0 Å². The van der Waals surface area contributed by atoms with Crippen LogP contribution in [0.5, 0.6) is 0 Å². The van der Waals surface area contributed by atoms with Crippen molar-refractivity contribution in [2.45, 2.75) is 37.9 Å². The van der Waals surface area contributed by atoms with Crippen LogP contribution in [0.3, 0.4) is 0 Å². The summed E-state index contributed by atoms with van der Waals surface area (Å²) in [6.07, 6.45) is 8.94. The summed E-state index contributed by atoms with van der Waals surface area (Å²) in [6, 6.07) is 17.3. The van der Waals surface area contributed by atoms with Crippen LogP contribution in [0.4, 0.5) is 0 Å². The average Bonchev–Trinajstić information content (AvgIpc) is 3.60. The molecule has 1 saturated heterocycles. The Labute approximate surface area is 194 Å². The Bertz CT molecular complexity index is 1140. The smallest absolute Gasteiger partial charge is 0.137 e. The number of benzene rings is 2. The summed E-state index contributed by atoms with van der Waals surface area (Å²) in [6.45, 7) is 3.93. The van der Waals surface area contributed by atoms with Crippen LogP contribution in [0.15, 0.2) is 67.4 Å². The Kier molecular flexibility index (Phi) is 6.81. The highest BCUT2D eigenvalue weighted by molar-refractivity contribution is 5.83. The van der Waals surface area contributed by atoms with Gasteiger partial charge in [0.1, 0.15) is 12.7 Å². The van der Waals surface area contributed by atoms with E-state index >= 15 is 0 Å². The number of aliphatic hydroxyl groups is 1. The molecule has 1 aliphatic rings. The highest BCUT2D eigenvalue weighted by Crippen LogP contribution is 2.23. The number of hydrogen-bond donors (Lipinski definition) is 3. The van der Waals surface area contributed by atoms with E-state index in [4.69, 9.17) is 0 Å². The van der Waals surface area contributed by atoms with Crippen molar-refractivity contribution in [3.8, 4) is 0 Å². The average molecular weight is 445 g/mol. The molecule has 2 unspecified atom stereocenters. The lowest BCUT2D eigenvalue weighted by Crippen LogP contribution is -2.40. The molecule has 2 aromatic carbocycles. The van der Waals surface area contributed by atoms with E-state index in [0.29, 0.717) is 6.04 Å². The maximum Gasteiger partial charge on any atom is 0.137 e. The first kappa shape index (κ1) is 21.8. The molecule has 33 heavy (non-hydrogen) atoms. The quantitative estimate of drug-likeness (QED) is 0.350. The molecule has 3 heterocycles. The molecule has 0 saturated carbocycles. The number of nitrogens with zero attached hydrogens (tertiary/aromatic N) is 4. The summed E-state index contributed by atoms with van der Waals surface area (Å²) < 4.78 is 1.85. The highest BCUT2D eigenvalue weighted by Gasteiger charge is 2.25. The summed E-state index contributed by atoms with van der Waals surface area (Å²) >= 11 is 0. The highest BCUT2D eigenvalue weighted by atomic mass is 16.3. The Morgan fingerprint density at radius 1 is 1.18 bits per heavy atom. The van der Waals surface area contributed by atoms with Crippen molar-refractivity contribution in [3.05, 3.63) is 84.1 Å². The fraction of sp³-hybridized carbons (Fsp3) is 0.385. The van der Waals surface area contributed by atoms with Gasteiger partial charge < -0.3 is 15.4 Å². The number of likely N-dealkylation sites (tertiary alicyclic amines) is 1. The molecule has 1 aliphatic heterocycles. The van der Waals surface area contributed by atoms with Crippen LogP contribution in [0.25, 0.3) is 10.9 Å². The number of aliphatic hydroxyl groups excluding tert-OH is 1. The summed E-state index contributed by atoms with van der Waals surface area (Å²) in [5, 5.41) is 19.0. The lowest BCUT2D eigenvalue weighted by atomic mass is 10.1. The van der Waals surface area contributed by atoms with Crippen molar-refractivity contribution in [1.29, 1.82) is 0 Å². The van der Waals surface area contributed by atoms with Gasteiger partial charge in [-0.3, -0.25) is 4.90 Å². The zero-order chi connectivity index (χ0) is 22.5. The molecule has 0 bridgehead atoms. The number of nitrogens with one attached hydrogen (secondary N) is 2. The molecule has 7 nitrogen and oxygen atoms in total. The molecule has 2 atom stereocenters. The van der Waals surface area contributed by atoms with Crippen LogP contribution in [0.2, 0.25) is 0 Å². The third-order valence-electron chi connectivity index (χ3n) is 6.79. The van der Waals surface area contributed by atoms with Gasteiger partial charge in [0.05, 0.1) is 19.2 Å². The number of H-pyrrole nitrogens is 1. The molecule has 172 valence electrons. The van der Waals surface area contributed by atoms with Gasteiger partial charge in [0.15, 0.2) is 0 Å². The summed E-state index contributed by atoms with van der Waals surface area (Å²) in [4.78, 5) is 10.1. The third-order valence-corrected chi connectivity index (χ3v) is 6.79. The predicted molar refractivity (Wildman–Crippen MR) is 130 cm³/mol. The second-order valence-corrected chi connectivity index (χ2v) is 8.92. The number of fused-ring (bicyclic) bond motifs is 1. The maximum absolute atomic E-state index is 9.86. The normalized spacial score (nSPS) is 17.7. The second-order valence-electron chi connectivity index (χ2n) is 8.92. The number of hydrogen-bond acceptors (Lipinski definition) is 5. The van der Waals surface area contributed by atoms with Gasteiger partial charge in [-0.05, 0) is 54.6 Å². The Morgan fingerprint density at radius 3 is 2.91 bits per heavy atom. The minimum atomic E-state index is -0.00863. The molecule has 1 fully saturated rings. The number of aromatic amines is 1. The van der Waals surface area contributed by atoms with Crippen LogP contribution in [0.1, 0.15) is 35.6 Å². The van der Waals surface area contributed by atoms with Crippen LogP contribution < -0.4 is 5.32 Å². The summed E-state index contributed by atoms with van der Waals surface area (Å²) in [5.74, 6) is 0. The van der Waals surface area contributed by atoms with Crippen LogP contribution in [-0.2, 0) is 13.0 Å². The van der Waals surface area contributed by atoms with Gasteiger partial charge in [-0.25, -0.2) is 9.67 Å². The van der Waals surface area contributed by atoms with Crippen molar-refractivity contribution >= 4 is 10.9 Å². The van der Waals surface area contributed by atoms with Crippen molar-refractivity contribution in [2.24, 2.45) is 0 Å². The minimum Gasteiger partial charge on any atom is -0.394 e. The minimum absolute atomic E-state index is 0.00863. The van der Waals surface area contributed by atoms with Gasteiger partial charge in [0, 0.05) is 36.2 Å². The molecule has 5 rings (SSSR count). The maximum atomic E-state index is 9.86. The standard InChI is InChI=1S/C26H32N6O/c33-17-26(21-5-2-1-3-6-21)29-15-23-7-4-11-31(23)12-10-22-14-28-25-9-8-20(13-24(22)25)16-32-19-27-18-30-32/h1-3,5-6,8-9,13-14,18-19,23,26,28-29,33H,4,7,10-12,15-17H2. The second kappa shape index (κ2) is 10.3. The van der Waals surface area contributed by atoms with Crippen LogP contribution in [0, 0.1) is 0 Å². The molecule has 0 radical (unpaired) electrons. The Morgan fingerprint density at radius 2 is 2.09 bits per heavy atom. The van der Waals surface area contributed by atoms with E-state index in [1.54, 1.807) is 12.7 Å². The van der Waals surface area contributed by atoms with Gasteiger partial charge in [-0.1, -0.05) is 36.4 Å². The molecule has 0 aliphatic carbocycles. The molecule has 0 amide bonds. The lowest BCUT2D eigenvalue weighted by Gasteiger charge is -2.27. The van der Waals surface area contributed by atoms with E-state index in [1.165, 1.54) is 34.9 Å². The molecule has 7 heteroatoms. The number of aromatic nitrogens is 4. The number of rotatable bonds is 10. The fourth-order valence-electron chi connectivity index (χ4n) is 4.97. The third kappa shape index (κ3) is 5.16. The first-order valence-electron chi connectivity index (χ1n) is 11.8. The van der Waals surface area contributed by atoms with E-state index in [1.807, 2.05) is 22.9 Å². The largest absolute Gasteiger partial charge is 0.394 e. The summed E-state index contributed by atoms with van der Waals surface area (Å²) in [5.41, 5.74) is 4.92. The zero-order valence-corrected chi connectivity index (χ0v) is 18.9. The predicted octanol–water partition coefficient (Wildman–Crippen LogP) is 3.14. The Balaban J connectivity index is 1.20. The van der Waals surface area contributed by atoms with Crippen molar-refractivity contribution < 1.29 is 5.11 Å². The molecule has 0 spiro atoms. The molecular weight excluding hydrogens is 412 g/mol. The first-order chi connectivity index (χ1) is 16.3. The van der Waals surface area contributed by atoms with E-state index in [2.05, 4.69) is 61.8 Å². The zero-order valence-electron chi connectivity index (χ0n) is 18.9. The van der Waals surface area contributed by atoms with Crippen LogP contribution >= 0.6 is 0 Å². The monoisotopic (exact) mass is 444 g/mol. The molecule has 3 N–H and O–H groups in total. The van der Waals surface area contributed by atoms with Crippen molar-refractivity contribution in [1.82, 2.24) is 30.0 Å². The van der Waals surface area contributed by atoms with Gasteiger partial charge in [-0.2, -0.15) is 5.10 Å². The van der Waals surface area contributed by atoms with Gasteiger partial charge in [0.2, 0.25) is 0 Å². The van der Waals surface area contributed by atoms with Crippen molar-refractivity contribution in [3.63, 3.8) is 0 Å². The van der Waals surface area contributed by atoms with Crippen molar-refractivity contribution in [2.75, 3.05) is 26.2 Å². The fourth-order valence-corrected chi connectivity index (χ4v) is 4.97. The SMILES string of the molecule is OCC(NCC1CCCN1CCc1c[nH]c2ccc(Cn3cncn3)cc12)c1ccccc1. The topological polar surface area (TPSA) is 82.0 Å². The van der Waals surface area contributed by atoms with E-state index in [-0.39, 0.29) is 12.6 Å². The summed E-state index contributed by atoms with van der Waals surface area (Å²) in [7, 11) is 0. The molecule has 2 aromatic heterocycles. The van der Waals surface area contributed by atoms with Gasteiger partial charge in [0.25, 0.3) is 0 Å². The van der Waals surface area contributed by atoms with Gasteiger partial charge >= 0.3 is 0 Å². The van der Waals surface area contributed by atoms with Crippen LogP contribution in [-0.4, -0.2) is 62.0 Å². The van der Waals surface area contributed by atoms with E-state index < -0.39 is 0 Å². The lowest BCUT2D eigenvalue weighted by molar-refractivity contribution is 0.213. The van der Waals surface area contributed by atoms with E-state index in [9.17, 15) is 5.11 Å². The molecule has 4 aromatic rings. The Hall–Kier alpha value is -3.00. The van der Waals surface area contributed by atoms with E-state index in [0.717, 1.165) is 38.2 Å². The molecular formula is C26H32N6O.